The van der Waals surface area contributed by atoms with Crippen molar-refractivity contribution in [2.45, 2.75) is 0 Å². The lowest BCUT2D eigenvalue weighted by molar-refractivity contribution is -0.384. The summed E-state index contributed by atoms with van der Waals surface area (Å²) >= 11 is 1.22. The summed E-state index contributed by atoms with van der Waals surface area (Å²) in [5.74, 6) is -0.648. The first kappa shape index (κ1) is 22.0. The summed E-state index contributed by atoms with van der Waals surface area (Å²) in [5, 5.41) is 11.6. The van der Waals surface area contributed by atoms with E-state index in [0.29, 0.717) is 32.7 Å². The van der Waals surface area contributed by atoms with E-state index >= 15 is 0 Å². The monoisotopic (exact) mass is 462 g/mol. The number of aromatic nitrogens is 1. The fourth-order valence-corrected chi connectivity index (χ4v) is 4.16. The molecule has 0 radical (unpaired) electrons. The smallest absolute Gasteiger partial charge is 0.337 e. The molecule has 0 unspecified atom stereocenters. The van der Waals surface area contributed by atoms with Crippen molar-refractivity contribution in [3.63, 3.8) is 0 Å². The van der Waals surface area contributed by atoms with Crippen LogP contribution in [0.5, 0.6) is 0 Å². The van der Waals surface area contributed by atoms with Crippen molar-refractivity contribution in [1.82, 2.24) is 9.47 Å². The molecule has 1 saturated heterocycles. The summed E-state index contributed by atoms with van der Waals surface area (Å²) in [5.41, 5.74) is 2.30. The zero-order valence-corrected chi connectivity index (χ0v) is 18.5. The van der Waals surface area contributed by atoms with Crippen LogP contribution < -0.4 is 0 Å². The van der Waals surface area contributed by atoms with Gasteiger partial charge in [-0.05, 0) is 60.3 Å². The second-order valence-electron chi connectivity index (χ2n) is 6.99. The second-order valence-corrected chi connectivity index (χ2v) is 8.00. The number of amides is 1. The summed E-state index contributed by atoms with van der Waals surface area (Å²) in [6.07, 6.45) is 3.50. The number of nitro benzene ring substituents is 1. The Labute approximate surface area is 193 Å². The van der Waals surface area contributed by atoms with E-state index in [4.69, 9.17) is 0 Å². The van der Waals surface area contributed by atoms with E-state index in [1.54, 1.807) is 66.4 Å². The number of hydrogen-bond acceptors (Lipinski definition) is 7. The van der Waals surface area contributed by atoms with Gasteiger partial charge in [0.15, 0.2) is 5.17 Å². The number of carbonyl (C=O) groups excluding carboxylic acids is 2. The number of amidine groups is 1. The molecule has 10 heteroatoms. The predicted octanol–water partition coefficient (Wildman–Crippen LogP) is 4.41. The highest BCUT2D eigenvalue weighted by atomic mass is 32.2. The van der Waals surface area contributed by atoms with E-state index in [9.17, 15) is 19.7 Å². The lowest BCUT2D eigenvalue weighted by Crippen LogP contribution is -2.23. The van der Waals surface area contributed by atoms with Crippen molar-refractivity contribution >= 4 is 46.3 Å². The second kappa shape index (κ2) is 9.13. The van der Waals surface area contributed by atoms with E-state index in [-0.39, 0.29) is 11.6 Å². The maximum atomic E-state index is 12.8. The summed E-state index contributed by atoms with van der Waals surface area (Å²) < 4.78 is 6.46. The van der Waals surface area contributed by atoms with E-state index in [1.807, 2.05) is 6.07 Å². The van der Waals surface area contributed by atoms with Crippen LogP contribution in [0, 0.1) is 10.1 Å². The number of likely N-dealkylation sites (N-methyl/N-ethyl adjacent to an activating group) is 1. The molecule has 0 N–H and O–H groups in total. The maximum absolute atomic E-state index is 12.8. The Bertz CT molecular complexity index is 1310. The number of rotatable bonds is 5. The largest absolute Gasteiger partial charge is 0.465 e. The third kappa shape index (κ3) is 4.55. The number of aliphatic imine (C=N–C) groups is 1. The molecule has 0 atom stereocenters. The molecule has 1 fully saturated rings. The Morgan fingerprint density at radius 3 is 2.61 bits per heavy atom. The molecular weight excluding hydrogens is 444 g/mol. The minimum absolute atomic E-state index is 0.0153. The molecule has 0 saturated carbocycles. The van der Waals surface area contributed by atoms with Crippen LogP contribution >= 0.6 is 11.8 Å². The van der Waals surface area contributed by atoms with Gasteiger partial charge in [-0.3, -0.25) is 19.8 Å². The number of non-ortho nitro benzene ring substituents is 1. The third-order valence-electron chi connectivity index (χ3n) is 4.89. The molecule has 3 aromatic rings. The van der Waals surface area contributed by atoms with Gasteiger partial charge in [0.2, 0.25) is 0 Å². The molecule has 9 nitrogen and oxygen atoms in total. The molecule has 0 aliphatic carbocycles. The van der Waals surface area contributed by atoms with E-state index in [2.05, 4.69) is 9.73 Å². The molecule has 1 aliphatic rings. The topological polar surface area (TPSA) is 107 Å². The average molecular weight is 462 g/mol. The van der Waals surface area contributed by atoms with E-state index in [0.717, 1.165) is 0 Å². The molecule has 1 aromatic heterocycles. The Morgan fingerprint density at radius 1 is 1.15 bits per heavy atom. The van der Waals surface area contributed by atoms with Crippen LogP contribution in [0.4, 0.5) is 11.4 Å². The molecule has 0 spiro atoms. The molecule has 2 heterocycles. The summed E-state index contributed by atoms with van der Waals surface area (Å²) in [7, 11) is 2.95. The fourth-order valence-electron chi connectivity index (χ4n) is 3.19. The number of benzene rings is 2. The van der Waals surface area contributed by atoms with Gasteiger partial charge >= 0.3 is 5.97 Å². The van der Waals surface area contributed by atoms with Gasteiger partial charge in [-0.25, -0.2) is 9.79 Å². The van der Waals surface area contributed by atoms with Crippen molar-refractivity contribution in [3.05, 3.63) is 93.1 Å². The maximum Gasteiger partial charge on any atom is 0.337 e. The van der Waals surface area contributed by atoms with Crippen molar-refractivity contribution < 1.29 is 19.2 Å². The molecule has 0 bridgehead atoms. The van der Waals surface area contributed by atoms with Crippen molar-refractivity contribution in [1.29, 1.82) is 0 Å². The first-order valence-corrected chi connectivity index (χ1v) is 10.6. The number of nitrogens with zero attached hydrogens (tertiary/aromatic N) is 4. The minimum Gasteiger partial charge on any atom is -0.465 e. The SMILES string of the molecule is COC(=O)c1ccc(N=C2S/C(=C\c3cccn3-c3cccc([N+](=O)[O-])c3)C(=O)N2C)cc1. The van der Waals surface area contributed by atoms with Gasteiger partial charge in [0.05, 0.1) is 33.9 Å². The Balaban J connectivity index is 1.61. The number of hydrogen-bond donors (Lipinski definition) is 0. The van der Waals surface area contributed by atoms with Crippen LogP contribution in [0.2, 0.25) is 0 Å². The zero-order valence-electron chi connectivity index (χ0n) is 17.7. The van der Waals surface area contributed by atoms with E-state index < -0.39 is 10.9 Å². The lowest BCUT2D eigenvalue weighted by atomic mass is 10.2. The molecule has 1 aliphatic heterocycles. The number of nitro groups is 1. The number of thioether (sulfide) groups is 1. The van der Waals surface area contributed by atoms with Gasteiger partial charge in [-0.2, -0.15) is 0 Å². The third-order valence-corrected chi connectivity index (χ3v) is 5.95. The Hall–Kier alpha value is -4.18. The highest BCUT2D eigenvalue weighted by molar-refractivity contribution is 8.18. The highest BCUT2D eigenvalue weighted by Gasteiger charge is 2.30. The van der Waals surface area contributed by atoms with Crippen LogP contribution in [0.25, 0.3) is 11.8 Å². The minimum atomic E-state index is -0.448. The molecule has 33 heavy (non-hydrogen) atoms. The standard InChI is InChI=1S/C23H18N4O5S/c1-25-21(28)20(33-23(25)24-16-10-8-15(9-11-16)22(29)32-2)14-18-7-4-12-26(18)17-5-3-6-19(13-17)27(30)31/h3-14H,1-2H3/b20-14-,24-23?. The predicted molar refractivity (Wildman–Crippen MR) is 126 cm³/mol. The van der Waals surface area contributed by atoms with Gasteiger partial charge < -0.3 is 9.30 Å². The van der Waals surface area contributed by atoms with Gasteiger partial charge in [0, 0.05) is 31.1 Å². The number of carbonyl (C=O) groups is 2. The zero-order chi connectivity index (χ0) is 23.5. The number of methoxy groups -OCH3 is 1. The summed E-state index contributed by atoms with van der Waals surface area (Å²) in [4.78, 5) is 41.5. The van der Waals surface area contributed by atoms with Gasteiger partial charge in [0.1, 0.15) is 0 Å². The normalized spacial score (nSPS) is 15.9. The fraction of sp³-hybridized carbons (Fsp3) is 0.0870. The summed E-state index contributed by atoms with van der Waals surface area (Å²) in [6.45, 7) is 0. The van der Waals surface area contributed by atoms with Crippen molar-refractivity contribution in [2.75, 3.05) is 14.2 Å². The molecule has 2 aromatic carbocycles. The number of ether oxygens (including phenoxy) is 1. The van der Waals surface area contributed by atoms with Gasteiger partial charge in [-0.1, -0.05) is 6.07 Å². The molecular formula is C23H18N4O5S. The average Bonchev–Trinajstić information content (AvgIpc) is 3.39. The Morgan fingerprint density at radius 2 is 1.91 bits per heavy atom. The molecule has 166 valence electrons. The van der Waals surface area contributed by atoms with E-state index in [1.165, 1.54) is 35.9 Å². The quantitative estimate of drug-likeness (QED) is 0.241. The summed E-state index contributed by atoms with van der Waals surface area (Å²) in [6, 6.07) is 16.5. The first-order chi connectivity index (χ1) is 15.9. The van der Waals surface area contributed by atoms with Crippen LogP contribution in [0.1, 0.15) is 16.1 Å². The van der Waals surface area contributed by atoms with Gasteiger partial charge in [-0.15, -0.1) is 0 Å². The van der Waals surface area contributed by atoms with Crippen LogP contribution in [-0.4, -0.2) is 45.6 Å². The first-order valence-electron chi connectivity index (χ1n) is 9.74. The van der Waals surface area contributed by atoms with Gasteiger partial charge in [0.25, 0.3) is 11.6 Å². The van der Waals surface area contributed by atoms with Crippen molar-refractivity contribution in [3.8, 4) is 5.69 Å². The van der Waals surface area contributed by atoms with Crippen molar-refractivity contribution in [2.24, 2.45) is 4.99 Å². The molecule has 1 amide bonds. The number of esters is 1. The lowest BCUT2D eigenvalue weighted by Gasteiger charge is -2.07. The van der Waals surface area contributed by atoms with Crippen LogP contribution in [-0.2, 0) is 9.53 Å². The Kier molecular flexibility index (Phi) is 6.09. The van der Waals surface area contributed by atoms with Crippen LogP contribution in [0.15, 0.2) is 76.8 Å². The molecule has 4 rings (SSSR count). The highest BCUT2D eigenvalue weighted by Crippen LogP contribution is 2.33. The van der Waals surface area contributed by atoms with Crippen LogP contribution in [0.3, 0.4) is 0 Å².